The first kappa shape index (κ1) is 21.2. The quantitative estimate of drug-likeness (QED) is 0.595. The molecule has 32 heavy (non-hydrogen) atoms. The molecule has 0 spiro atoms. The molecule has 0 aromatic heterocycles. The maximum Gasteiger partial charge on any atom is 0.282 e. The fraction of sp³-hybridized carbons (Fsp3) is 0.0833. The van der Waals surface area contributed by atoms with Crippen molar-refractivity contribution in [3.05, 3.63) is 95.4 Å². The number of hydrogen-bond donors (Lipinski definition) is 1. The Hall–Kier alpha value is -4.07. The van der Waals surface area contributed by atoms with Crippen molar-refractivity contribution in [2.75, 3.05) is 29.2 Å². The highest BCUT2D eigenvalue weighted by Crippen LogP contribution is 2.34. The minimum atomic E-state index is -1.10. The number of nitrogens with zero attached hydrogens (tertiary/aromatic N) is 2. The number of carbonyl (C=O) groups is 2. The van der Waals surface area contributed by atoms with Crippen molar-refractivity contribution in [1.29, 1.82) is 0 Å². The number of amides is 2. The molecule has 0 atom stereocenters. The van der Waals surface area contributed by atoms with Crippen LogP contribution in [0, 0.1) is 17.5 Å². The van der Waals surface area contributed by atoms with E-state index in [9.17, 15) is 22.8 Å². The minimum Gasteiger partial charge on any atom is -0.378 e. The van der Waals surface area contributed by atoms with Crippen LogP contribution < -0.4 is 15.1 Å². The zero-order chi connectivity index (χ0) is 23.0. The van der Waals surface area contributed by atoms with E-state index in [2.05, 4.69) is 5.32 Å². The SMILES string of the molecule is CN(C)c1ccc(N2C(=O)C(Nc3ccc(F)c(F)c3)=C(c3ccc(F)cc3)C2=O)cc1. The number of nitrogens with one attached hydrogen (secondary N) is 1. The Morgan fingerprint density at radius 1 is 0.781 bits per heavy atom. The molecule has 8 heteroatoms. The second-order valence-electron chi connectivity index (χ2n) is 7.37. The maximum absolute atomic E-state index is 13.7. The highest BCUT2D eigenvalue weighted by atomic mass is 19.2. The number of halogens is 3. The van der Waals surface area contributed by atoms with Crippen LogP contribution in [-0.2, 0) is 9.59 Å². The van der Waals surface area contributed by atoms with Crippen LogP contribution in [0.5, 0.6) is 0 Å². The van der Waals surface area contributed by atoms with E-state index in [1.54, 1.807) is 24.3 Å². The third kappa shape index (κ3) is 3.82. The third-order valence-electron chi connectivity index (χ3n) is 5.03. The van der Waals surface area contributed by atoms with Crippen LogP contribution in [-0.4, -0.2) is 25.9 Å². The van der Waals surface area contributed by atoms with Gasteiger partial charge in [0.05, 0.1) is 11.3 Å². The second-order valence-corrected chi connectivity index (χ2v) is 7.37. The molecule has 0 aliphatic carbocycles. The molecule has 0 fully saturated rings. The lowest BCUT2D eigenvalue weighted by atomic mass is 10.0. The van der Waals surface area contributed by atoms with E-state index in [1.165, 1.54) is 30.3 Å². The molecule has 0 unspecified atom stereocenters. The smallest absolute Gasteiger partial charge is 0.282 e. The lowest BCUT2D eigenvalue weighted by molar-refractivity contribution is -0.120. The number of benzene rings is 3. The van der Waals surface area contributed by atoms with Crippen LogP contribution in [0.2, 0.25) is 0 Å². The Labute approximate surface area is 182 Å². The summed E-state index contributed by atoms with van der Waals surface area (Å²) in [7, 11) is 3.72. The van der Waals surface area contributed by atoms with Gasteiger partial charge < -0.3 is 10.2 Å². The molecular formula is C24H18F3N3O2. The van der Waals surface area contributed by atoms with E-state index in [0.29, 0.717) is 11.3 Å². The molecule has 3 aromatic carbocycles. The summed E-state index contributed by atoms with van der Waals surface area (Å²) in [5, 5.41) is 2.74. The van der Waals surface area contributed by atoms with Crippen molar-refractivity contribution in [2.24, 2.45) is 0 Å². The lowest BCUT2D eigenvalue weighted by Gasteiger charge is -2.18. The number of hydrogen-bond acceptors (Lipinski definition) is 4. The lowest BCUT2D eigenvalue weighted by Crippen LogP contribution is -2.32. The zero-order valence-corrected chi connectivity index (χ0v) is 17.2. The number of anilines is 3. The Morgan fingerprint density at radius 3 is 2.03 bits per heavy atom. The molecule has 1 aliphatic heterocycles. The fourth-order valence-electron chi connectivity index (χ4n) is 3.38. The van der Waals surface area contributed by atoms with Gasteiger partial charge in [0, 0.05) is 31.5 Å². The molecule has 2 amide bonds. The molecule has 0 saturated carbocycles. The molecule has 0 saturated heterocycles. The van der Waals surface area contributed by atoms with Crippen molar-refractivity contribution in [1.82, 2.24) is 0 Å². The van der Waals surface area contributed by atoms with E-state index in [0.717, 1.165) is 22.7 Å². The van der Waals surface area contributed by atoms with E-state index < -0.39 is 29.3 Å². The predicted octanol–water partition coefficient (Wildman–Crippen LogP) is 4.57. The highest BCUT2D eigenvalue weighted by molar-refractivity contribution is 6.46. The minimum absolute atomic E-state index is 0.00332. The van der Waals surface area contributed by atoms with Gasteiger partial charge in [0.25, 0.3) is 11.8 Å². The van der Waals surface area contributed by atoms with Crippen LogP contribution in [0.15, 0.2) is 72.4 Å². The Bertz CT molecular complexity index is 1240. The average molecular weight is 437 g/mol. The summed E-state index contributed by atoms with van der Waals surface area (Å²) in [6.45, 7) is 0. The van der Waals surface area contributed by atoms with E-state index in [1.807, 2.05) is 19.0 Å². The Balaban J connectivity index is 1.79. The van der Waals surface area contributed by atoms with Crippen molar-refractivity contribution < 1.29 is 22.8 Å². The van der Waals surface area contributed by atoms with Gasteiger partial charge in [-0.25, -0.2) is 18.1 Å². The summed E-state index contributed by atoms with van der Waals surface area (Å²) < 4.78 is 40.5. The van der Waals surface area contributed by atoms with Crippen LogP contribution >= 0.6 is 0 Å². The summed E-state index contributed by atoms with van der Waals surface area (Å²) in [5.74, 6) is -3.94. The van der Waals surface area contributed by atoms with Gasteiger partial charge in [-0.15, -0.1) is 0 Å². The summed E-state index contributed by atoms with van der Waals surface area (Å²) >= 11 is 0. The Kier molecular flexibility index (Phi) is 5.44. The predicted molar refractivity (Wildman–Crippen MR) is 117 cm³/mol. The highest BCUT2D eigenvalue weighted by Gasteiger charge is 2.40. The molecule has 1 N–H and O–H groups in total. The molecule has 4 rings (SSSR count). The van der Waals surface area contributed by atoms with Crippen molar-refractivity contribution >= 4 is 34.4 Å². The molecule has 0 radical (unpaired) electrons. The first-order valence-corrected chi connectivity index (χ1v) is 9.64. The molecule has 162 valence electrons. The number of rotatable bonds is 5. The summed E-state index contributed by atoms with van der Waals surface area (Å²) in [5.41, 5.74) is 1.49. The van der Waals surface area contributed by atoms with Gasteiger partial charge in [-0.3, -0.25) is 9.59 Å². The number of carbonyl (C=O) groups excluding carboxylic acids is 2. The number of imide groups is 1. The van der Waals surface area contributed by atoms with E-state index in [-0.39, 0.29) is 17.0 Å². The van der Waals surface area contributed by atoms with Gasteiger partial charge in [0.15, 0.2) is 11.6 Å². The molecule has 1 heterocycles. The van der Waals surface area contributed by atoms with Crippen LogP contribution in [0.4, 0.5) is 30.2 Å². The topological polar surface area (TPSA) is 52.6 Å². The first-order chi connectivity index (χ1) is 15.3. The molecular weight excluding hydrogens is 419 g/mol. The van der Waals surface area contributed by atoms with Gasteiger partial charge in [-0.1, -0.05) is 12.1 Å². The second kappa shape index (κ2) is 8.22. The summed E-state index contributed by atoms with van der Waals surface area (Å²) in [6, 6.07) is 14.9. The molecule has 1 aliphatic rings. The standard InChI is InChI=1S/C24H18F3N3O2/c1-29(2)17-8-10-18(11-9-17)30-23(31)21(14-3-5-15(25)6-4-14)22(24(30)32)28-16-7-12-19(26)20(27)13-16/h3-13,28H,1-2H3. The van der Waals surface area contributed by atoms with E-state index in [4.69, 9.17) is 0 Å². The molecule has 5 nitrogen and oxygen atoms in total. The summed E-state index contributed by atoms with van der Waals surface area (Å²) in [6.07, 6.45) is 0. The summed E-state index contributed by atoms with van der Waals surface area (Å²) in [4.78, 5) is 29.4. The van der Waals surface area contributed by atoms with Gasteiger partial charge in [0.1, 0.15) is 11.5 Å². The van der Waals surface area contributed by atoms with Crippen LogP contribution in [0.25, 0.3) is 5.57 Å². The van der Waals surface area contributed by atoms with Gasteiger partial charge in [-0.05, 0) is 54.1 Å². The van der Waals surface area contributed by atoms with Gasteiger partial charge in [0.2, 0.25) is 0 Å². The largest absolute Gasteiger partial charge is 0.378 e. The third-order valence-corrected chi connectivity index (χ3v) is 5.03. The zero-order valence-electron chi connectivity index (χ0n) is 17.2. The van der Waals surface area contributed by atoms with Crippen molar-refractivity contribution in [3.8, 4) is 0 Å². The molecule has 3 aromatic rings. The fourth-order valence-corrected chi connectivity index (χ4v) is 3.38. The average Bonchev–Trinajstić information content (AvgIpc) is 3.01. The maximum atomic E-state index is 13.7. The monoisotopic (exact) mass is 437 g/mol. The van der Waals surface area contributed by atoms with Gasteiger partial charge in [-0.2, -0.15) is 0 Å². The Morgan fingerprint density at radius 2 is 1.44 bits per heavy atom. The molecule has 0 bridgehead atoms. The van der Waals surface area contributed by atoms with E-state index >= 15 is 0 Å². The normalized spacial score (nSPS) is 13.7. The first-order valence-electron chi connectivity index (χ1n) is 9.64. The van der Waals surface area contributed by atoms with Crippen LogP contribution in [0.3, 0.4) is 0 Å². The van der Waals surface area contributed by atoms with Crippen LogP contribution in [0.1, 0.15) is 5.56 Å². The van der Waals surface area contributed by atoms with Crippen molar-refractivity contribution in [2.45, 2.75) is 0 Å². The van der Waals surface area contributed by atoms with Gasteiger partial charge >= 0.3 is 0 Å². The van der Waals surface area contributed by atoms with Crippen molar-refractivity contribution in [3.63, 3.8) is 0 Å².